The minimum absolute atomic E-state index is 0.0746. The van der Waals surface area contributed by atoms with Gasteiger partial charge < -0.3 is 4.74 Å². The Bertz CT molecular complexity index is 841. The van der Waals surface area contributed by atoms with Gasteiger partial charge in [0.15, 0.2) is 5.82 Å². The van der Waals surface area contributed by atoms with E-state index in [2.05, 4.69) is 4.98 Å². The maximum absolute atomic E-state index is 12.4. The van der Waals surface area contributed by atoms with Gasteiger partial charge in [-0.2, -0.15) is 0 Å². The second-order valence-electron chi connectivity index (χ2n) is 4.76. The molecule has 2 aromatic carbocycles. The van der Waals surface area contributed by atoms with Crippen molar-refractivity contribution >= 4 is 51.7 Å². The van der Waals surface area contributed by atoms with Crippen LogP contribution in [0.15, 0.2) is 54.6 Å². The van der Waals surface area contributed by atoms with E-state index in [9.17, 15) is 4.79 Å². The van der Waals surface area contributed by atoms with E-state index >= 15 is 0 Å². The number of aromatic nitrogens is 2. The maximum Gasteiger partial charge on any atom is 0.284 e. The van der Waals surface area contributed by atoms with Crippen molar-refractivity contribution in [3.05, 3.63) is 60.4 Å². The molecule has 0 amide bonds. The van der Waals surface area contributed by atoms with E-state index in [-0.39, 0.29) is 6.61 Å². The van der Waals surface area contributed by atoms with Gasteiger partial charge in [0.05, 0.1) is 11.0 Å². The number of carbonyl (C=O) groups excluding carboxylic acids is 1. The summed E-state index contributed by atoms with van der Waals surface area (Å²) in [7, 11) is 0. The largest absolute Gasteiger partial charge is 0.486 e. The molecule has 3 aromatic rings. The van der Waals surface area contributed by atoms with Gasteiger partial charge in [0.25, 0.3) is 9.70 Å². The van der Waals surface area contributed by atoms with Crippen LogP contribution in [0.3, 0.4) is 0 Å². The van der Waals surface area contributed by atoms with Crippen LogP contribution >= 0.6 is 34.8 Å². The molecule has 0 spiro atoms. The molecule has 23 heavy (non-hydrogen) atoms. The van der Waals surface area contributed by atoms with Crippen molar-refractivity contribution in [2.45, 2.75) is 10.4 Å². The molecule has 0 unspecified atom stereocenters. The fourth-order valence-corrected chi connectivity index (χ4v) is 2.44. The van der Waals surface area contributed by atoms with Gasteiger partial charge in [-0.25, -0.2) is 4.98 Å². The quantitative estimate of drug-likeness (QED) is 0.632. The Labute approximate surface area is 147 Å². The van der Waals surface area contributed by atoms with Gasteiger partial charge in [0, 0.05) is 0 Å². The fraction of sp³-hybridized carbons (Fsp3) is 0.125. The lowest BCUT2D eigenvalue weighted by Gasteiger charge is -2.14. The molecule has 1 heterocycles. The molecule has 0 bridgehead atoms. The highest BCUT2D eigenvalue weighted by Crippen LogP contribution is 2.30. The van der Waals surface area contributed by atoms with Crippen LogP contribution in [0, 0.1) is 0 Å². The van der Waals surface area contributed by atoms with Crippen molar-refractivity contribution in [3.8, 4) is 5.75 Å². The average Bonchev–Trinajstić information content (AvgIpc) is 2.90. The highest BCUT2D eigenvalue weighted by atomic mass is 35.6. The Morgan fingerprint density at radius 1 is 1.04 bits per heavy atom. The van der Waals surface area contributed by atoms with Crippen LogP contribution in [0.2, 0.25) is 0 Å². The highest BCUT2D eigenvalue weighted by molar-refractivity contribution is 6.76. The van der Waals surface area contributed by atoms with E-state index in [0.717, 1.165) is 0 Å². The van der Waals surface area contributed by atoms with Gasteiger partial charge in [0.2, 0.25) is 0 Å². The summed E-state index contributed by atoms with van der Waals surface area (Å²) in [5, 5.41) is 0. The van der Waals surface area contributed by atoms with Crippen LogP contribution < -0.4 is 4.74 Å². The first-order valence-corrected chi connectivity index (χ1v) is 7.86. The summed E-state index contributed by atoms with van der Waals surface area (Å²) in [4.78, 5) is 16.8. The monoisotopic (exact) mass is 368 g/mol. The van der Waals surface area contributed by atoms with Crippen LogP contribution in [0.4, 0.5) is 0 Å². The van der Waals surface area contributed by atoms with Gasteiger partial charge in [0.1, 0.15) is 12.4 Å². The van der Waals surface area contributed by atoms with Gasteiger partial charge in [-0.3, -0.25) is 9.36 Å². The highest BCUT2D eigenvalue weighted by Gasteiger charge is 2.34. The summed E-state index contributed by atoms with van der Waals surface area (Å²) in [5.74, 6) is 0.335. The van der Waals surface area contributed by atoms with Crippen molar-refractivity contribution in [2.75, 3.05) is 0 Å². The summed E-state index contributed by atoms with van der Waals surface area (Å²) in [6, 6.07) is 16.3. The molecule has 0 atom stereocenters. The van der Waals surface area contributed by atoms with E-state index in [1.807, 2.05) is 36.4 Å². The van der Waals surface area contributed by atoms with E-state index in [4.69, 9.17) is 39.5 Å². The minimum atomic E-state index is -2.08. The molecule has 4 nitrogen and oxygen atoms in total. The number of para-hydroxylation sites is 3. The molecule has 0 aliphatic carbocycles. The van der Waals surface area contributed by atoms with Gasteiger partial charge in [-0.05, 0) is 24.3 Å². The zero-order chi connectivity index (χ0) is 16.4. The predicted molar refractivity (Wildman–Crippen MR) is 91.4 cm³/mol. The van der Waals surface area contributed by atoms with Crippen LogP contribution in [0.1, 0.15) is 10.6 Å². The van der Waals surface area contributed by atoms with Gasteiger partial charge >= 0.3 is 0 Å². The smallest absolute Gasteiger partial charge is 0.284 e. The first-order chi connectivity index (χ1) is 11.0. The molecule has 0 aliphatic rings. The molecule has 0 saturated carbocycles. The number of rotatable bonds is 3. The number of benzene rings is 2. The first kappa shape index (κ1) is 16.1. The minimum Gasteiger partial charge on any atom is -0.486 e. The molecular weight excluding hydrogens is 359 g/mol. The number of hydrogen-bond acceptors (Lipinski definition) is 3. The Hall–Kier alpha value is -1.75. The normalized spacial score (nSPS) is 11.6. The Balaban J connectivity index is 2.00. The van der Waals surface area contributed by atoms with Crippen LogP contribution in [-0.2, 0) is 6.61 Å². The molecule has 0 saturated heterocycles. The third-order valence-electron chi connectivity index (χ3n) is 3.19. The van der Waals surface area contributed by atoms with Crippen molar-refractivity contribution < 1.29 is 9.53 Å². The zero-order valence-corrected chi connectivity index (χ0v) is 14.0. The predicted octanol–water partition coefficient (Wildman–Crippen LogP) is 4.63. The second kappa shape index (κ2) is 6.40. The summed E-state index contributed by atoms with van der Waals surface area (Å²) < 4.78 is 4.86. The molecule has 0 fully saturated rings. The average molecular weight is 370 g/mol. The summed E-state index contributed by atoms with van der Waals surface area (Å²) >= 11 is 17.3. The zero-order valence-electron chi connectivity index (χ0n) is 11.7. The third kappa shape index (κ3) is 3.44. The number of ether oxygens (including phenoxy) is 1. The Morgan fingerprint density at radius 3 is 2.39 bits per heavy atom. The van der Waals surface area contributed by atoms with Gasteiger partial charge in [-0.15, -0.1) is 0 Å². The van der Waals surface area contributed by atoms with Gasteiger partial charge in [-0.1, -0.05) is 65.1 Å². The van der Waals surface area contributed by atoms with E-state index in [0.29, 0.717) is 22.6 Å². The molecule has 0 N–H and O–H groups in total. The lowest BCUT2D eigenvalue weighted by molar-refractivity contribution is 0.0914. The van der Waals surface area contributed by atoms with E-state index < -0.39 is 9.70 Å². The number of carbonyl (C=O) groups is 1. The third-order valence-corrected chi connectivity index (χ3v) is 3.67. The molecule has 118 valence electrons. The number of nitrogens with zero attached hydrogens (tertiary/aromatic N) is 2. The molecule has 3 rings (SSSR count). The lowest BCUT2D eigenvalue weighted by atomic mass is 10.3. The summed E-state index contributed by atoms with van der Waals surface area (Å²) in [6.07, 6.45) is 0. The van der Waals surface area contributed by atoms with E-state index in [1.165, 1.54) is 4.57 Å². The van der Waals surface area contributed by atoms with Crippen LogP contribution in [-0.4, -0.2) is 19.3 Å². The SMILES string of the molecule is O=C(n1c(COc2ccccc2)nc2ccccc21)C(Cl)(Cl)Cl. The molecule has 0 radical (unpaired) electrons. The Morgan fingerprint density at radius 2 is 1.70 bits per heavy atom. The number of hydrogen-bond donors (Lipinski definition) is 0. The first-order valence-electron chi connectivity index (χ1n) is 6.72. The van der Waals surface area contributed by atoms with Crippen molar-refractivity contribution in [1.29, 1.82) is 0 Å². The van der Waals surface area contributed by atoms with Crippen molar-refractivity contribution in [2.24, 2.45) is 0 Å². The maximum atomic E-state index is 12.4. The molecule has 0 aliphatic heterocycles. The van der Waals surface area contributed by atoms with E-state index in [1.54, 1.807) is 18.2 Å². The molecule has 1 aromatic heterocycles. The second-order valence-corrected chi connectivity index (χ2v) is 7.04. The standard InChI is InChI=1S/C16H11Cl3N2O2/c17-16(18,19)15(22)21-13-9-5-4-8-12(13)20-14(21)10-23-11-6-2-1-3-7-11/h1-9H,10H2. The summed E-state index contributed by atoms with van der Waals surface area (Å²) in [5.41, 5.74) is 1.19. The molecule has 7 heteroatoms. The number of imidazole rings is 1. The summed E-state index contributed by atoms with van der Waals surface area (Å²) in [6.45, 7) is 0.0746. The van der Waals surface area contributed by atoms with Crippen LogP contribution in [0.5, 0.6) is 5.75 Å². The topological polar surface area (TPSA) is 44.1 Å². The number of alkyl halides is 3. The van der Waals surface area contributed by atoms with Crippen molar-refractivity contribution in [1.82, 2.24) is 9.55 Å². The molecular formula is C16H11Cl3N2O2. The van der Waals surface area contributed by atoms with Crippen LogP contribution in [0.25, 0.3) is 11.0 Å². The number of fused-ring (bicyclic) bond motifs is 1. The van der Waals surface area contributed by atoms with Crippen molar-refractivity contribution in [3.63, 3.8) is 0 Å². The lowest BCUT2D eigenvalue weighted by Crippen LogP contribution is -2.28. The Kier molecular flexibility index (Phi) is 4.48. The fourth-order valence-electron chi connectivity index (χ4n) is 2.19. The number of halogens is 3.